The molecule has 0 saturated carbocycles. The SMILES string of the molecule is O=C(c1ccc2c(c1)C(=O)N(CCc1ccccc1)C2=O)N1CCN(c2ccc3ccccc3n2)CC1. The molecule has 0 N–H and O–H groups in total. The van der Waals surface area contributed by atoms with Gasteiger partial charge in [-0.25, -0.2) is 4.98 Å². The first-order chi connectivity index (χ1) is 18.1. The van der Waals surface area contributed by atoms with Crippen molar-refractivity contribution in [3.63, 3.8) is 0 Å². The highest BCUT2D eigenvalue weighted by Gasteiger charge is 2.36. The fourth-order valence-electron chi connectivity index (χ4n) is 5.07. The van der Waals surface area contributed by atoms with E-state index in [1.807, 2.05) is 60.7 Å². The minimum Gasteiger partial charge on any atom is -0.353 e. The number of amides is 3. The smallest absolute Gasteiger partial charge is 0.261 e. The molecule has 0 bridgehead atoms. The summed E-state index contributed by atoms with van der Waals surface area (Å²) in [6.45, 7) is 2.77. The fraction of sp³-hybridized carbons (Fsp3) is 0.200. The molecule has 0 aliphatic carbocycles. The second-order valence-corrected chi connectivity index (χ2v) is 9.40. The number of para-hydroxylation sites is 1. The molecule has 1 saturated heterocycles. The summed E-state index contributed by atoms with van der Waals surface area (Å²) in [7, 11) is 0. The summed E-state index contributed by atoms with van der Waals surface area (Å²) in [4.78, 5) is 49.2. The molecule has 3 heterocycles. The van der Waals surface area contributed by atoms with E-state index in [0.717, 1.165) is 22.3 Å². The molecule has 2 aliphatic rings. The fourth-order valence-corrected chi connectivity index (χ4v) is 5.07. The van der Waals surface area contributed by atoms with Crippen molar-refractivity contribution in [3.05, 3.63) is 107 Å². The van der Waals surface area contributed by atoms with Crippen LogP contribution in [0, 0.1) is 0 Å². The molecule has 0 atom stereocenters. The molecule has 3 amide bonds. The quantitative estimate of drug-likeness (QED) is 0.395. The van der Waals surface area contributed by atoms with E-state index in [-0.39, 0.29) is 17.7 Å². The van der Waals surface area contributed by atoms with Crippen molar-refractivity contribution in [2.45, 2.75) is 6.42 Å². The highest BCUT2D eigenvalue weighted by molar-refractivity contribution is 6.22. The molecule has 184 valence electrons. The zero-order chi connectivity index (χ0) is 25.4. The lowest BCUT2D eigenvalue weighted by molar-refractivity contribution is 0.0655. The molecule has 2 aliphatic heterocycles. The number of hydrogen-bond acceptors (Lipinski definition) is 5. The van der Waals surface area contributed by atoms with Gasteiger partial charge in [0.05, 0.1) is 16.6 Å². The number of rotatable bonds is 5. The van der Waals surface area contributed by atoms with Crippen LogP contribution < -0.4 is 4.90 Å². The molecular formula is C30H26N4O3. The molecule has 6 rings (SSSR count). The average molecular weight is 491 g/mol. The van der Waals surface area contributed by atoms with Crippen LogP contribution in [0.5, 0.6) is 0 Å². The number of imide groups is 1. The lowest BCUT2D eigenvalue weighted by atomic mass is 10.0. The van der Waals surface area contributed by atoms with Gasteiger partial charge in [0.1, 0.15) is 5.82 Å². The van der Waals surface area contributed by atoms with E-state index in [9.17, 15) is 14.4 Å². The van der Waals surface area contributed by atoms with Gasteiger partial charge in [-0.2, -0.15) is 0 Å². The van der Waals surface area contributed by atoms with Crippen LogP contribution in [0.1, 0.15) is 36.6 Å². The number of pyridine rings is 1. The standard InChI is InChI=1S/C30H26N4O3/c35-28(33-18-16-32(17-19-33)27-13-11-22-8-4-5-9-26(22)31-27)23-10-12-24-25(20-23)30(37)34(29(24)36)15-14-21-6-2-1-3-7-21/h1-13,20H,14-19H2. The molecule has 0 radical (unpaired) electrons. The number of nitrogens with zero attached hydrogens (tertiary/aromatic N) is 4. The molecule has 3 aromatic carbocycles. The lowest BCUT2D eigenvalue weighted by Gasteiger charge is -2.35. The maximum absolute atomic E-state index is 13.3. The Labute approximate surface area is 214 Å². The highest BCUT2D eigenvalue weighted by atomic mass is 16.2. The first kappa shape index (κ1) is 22.9. The second-order valence-electron chi connectivity index (χ2n) is 9.40. The third kappa shape index (κ3) is 4.33. The van der Waals surface area contributed by atoms with E-state index in [4.69, 9.17) is 4.98 Å². The number of benzene rings is 3. The van der Waals surface area contributed by atoms with Crippen LogP contribution in [-0.4, -0.2) is 65.2 Å². The van der Waals surface area contributed by atoms with Gasteiger partial charge in [0.2, 0.25) is 0 Å². The van der Waals surface area contributed by atoms with Gasteiger partial charge in [-0.1, -0.05) is 48.5 Å². The second kappa shape index (κ2) is 9.50. The molecule has 1 fully saturated rings. The summed E-state index contributed by atoms with van der Waals surface area (Å²) in [5, 5.41) is 1.10. The maximum atomic E-state index is 13.3. The summed E-state index contributed by atoms with van der Waals surface area (Å²) in [6.07, 6.45) is 0.592. The van der Waals surface area contributed by atoms with E-state index in [0.29, 0.717) is 55.8 Å². The topological polar surface area (TPSA) is 73.8 Å². The van der Waals surface area contributed by atoms with E-state index < -0.39 is 0 Å². The Morgan fingerprint density at radius 2 is 1.49 bits per heavy atom. The van der Waals surface area contributed by atoms with E-state index in [1.54, 1.807) is 23.1 Å². The number of anilines is 1. The third-order valence-corrected chi connectivity index (χ3v) is 7.16. The van der Waals surface area contributed by atoms with Crippen molar-refractivity contribution < 1.29 is 14.4 Å². The van der Waals surface area contributed by atoms with Gasteiger partial charge >= 0.3 is 0 Å². The molecule has 0 spiro atoms. The van der Waals surface area contributed by atoms with Crippen LogP contribution in [0.3, 0.4) is 0 Å². The number of carbonyl (C=O) groups excluding carboxylic acids is 3. The van der Waals surface area contributed by atoms with Crippen LogP contribution in [0.4, 0.5) is 5.82 Å². The highest BCUT2D eigenvalue weighted by Crippen LogP contribution is 2.26. The molecular weight excluding hydrogens is 464 g/mol. The number of fused-ring (bicyclic) bond motifs is 2. The largest absolute Gasteiger partial charge is 0.353 e. The molecule has 1 aromatic heterocycles. The summed E-state index contributed by atoms with van der Waals surface area (Å²) in [5.41, 5.74) is 3.12. The van der Waals surface area contributed by atoms with Crippen LogP contribution in [0.25, 0.3) is 10.9 Å². The summed E-state index contributed by atoms with van der Waals surface area (Å²) in [5.74, 6) is 0.143. The van der Waals surface area contributed by atoms with Gasteiger partial charge in [-0.05, 0) is 48.4 Å². The first-order valence-corrected chi connectivity index (χ1v) is 12.5. The number of carbonyl (C=O) groups is 3. The lowest BCUT2D eigenvalue weighted by Crippen LogP contribution is -2.49. The summed E-state index contributed by atoms with van der Waals surface area (Å²) < 4.78 is 0. The Kier molecular flexibility index (Phi) is 5.88. The Morgan fingerprint density at radius 3 is 2.30 bits per heavy atom. The van der Waals surface area contributed by atoms with Crippen molar-refractivity contribution in [1.29, 1.82) is 0 Å². The van der Waals surface area contributed by atoms with Crippen molar-refractivity contribution in [2.75, 3.05) is 37.6 Å². The van der Waals surface area contributed by atoms with E-state index >= 15 is 0 Å². The van der Waals surface area contributed by atoms with Gasteiger partial charge in [-0.3, -0.25) is 19.3 Å². The van der Waals surface area contributed by atoms with Crippen molar-refractivity contribution in [3.8, 4) is 0 Å². The number of piperazine rings is 1. The van der Waals surface area contributed by atoms with Gasteiger partial charge in [0.15, 0.2) is 0 Å². The van der Waals surface area contributed by atoms with Crippen molar-refractivity contribution in [1.82, 2.24) is 14.8 Å². The number of aromatic nitrogens is 1. The predicted octanol–water partition coefficient (Wildman–Crippen LogP) is 4.04. The van der Waals surface area contributed by atoms with E-state index in [1.165, 1.54) is 4.90 Å². The molecule has 0 unspecified atom stereocenters. The Hall–Kier alpha value is -4.52. The van der Waals surface area contributed by atoms with Gasteiger partial charge in [-0.15, -0.1) is 0 Å². The zero-order valence-corrected chi connectivity index (χ0v) is 20.3. The van der Waals surface area contributed by atoms with Crippen LogP contribution in [0.2, 0.25) is 0 Å². The molecule has 7 heteroatoms. The van der Waals surface area contributed by atoms with Crippen LogP contribution >= 0.6 is 0 Å². The average Bonchev–Trinajstić information content (AvgIpc) is 3.20. The first-order valence-electron chi connectivity index (χ1n) is 12.5. The van der Waals surface area contributed by atoms with E-state index in [2.05, 4.69) is 11.0 Å². The Balaban J connectivity index is 1.12. The third-order valence-electron chi connectivity index (χ3n) is 7.16. The Bertz CT molecular complexity index is 1510. The molecule has 4 aromatic rings. The van der Waals surface area contributed by atoms with Crippen LogP contribution in [-0.2, 0) is 6.42 Å². The minimum absolute atomic E-state index is 0.128. The number of hydrogen-bond donors (Lipinski definition) is 0. The zero-order valence-electron chi connectivity index (χ0n) is 20.3. The molecule has 37 heavy (non-hydrogen) atoms. The normalized spacial score (nSPS) is 15.4. The van der Waals surface area contributed by atoms with Gasteiger partial charge in [0.25, 0.3) is 17.7 Å². The van der Waals surface area contributed by atoms with Gasteiger partial charge in [0, 0.05) is 43.7 Å². The summed E-state index contributed by atoms with van der Waals surface area (Å²) >= 11 is 0. The monoisotopic (exact) mass is 490 g/mol. The molecule has 7 nitrogen and oxygen atoms in total. The minimum atomic E-state index is -0.335. The van der Waals surface area contributed by atoms with Crippen molar-refractivity contribution >= 4 is 34.4 Å². The Morgan fingerprint density at radius 1 is 0.757 bits per heavy atom. The predicted molar refractivity (Wildman–Crippen MR) is 142 cm³/mol. The van der Waals surface area contributed by atoms with Gasteiger partial charge < -0.3 is 9.80 Å². The summed E-state index contributed by atoms with van der Waals surface area (Å²) in [6, 6.07) is 26.7. The maximum Gasteiger partial charge on any atom is 0.261 e. The van der Waals surface area contributed by atoms with Crippen molar-refractivity contribution in [2.24, 2.45) is 0 Å². The van der Waals surface area contributed by atoms with Crippen LogP contribution in [0.15, 0.2) is 84.9 Å².